The Balaban J connectivity index is 1.68. The first-order chi connectivity index (χ1) is 25.4. The third-order valence-electron chi connectivity index (χ3n) is 12.4. The summed E-state index contributed by atoms with van der Waals surface area (Å²) in [5.41, 5.74) is -1.35. The maximum atomic E-state index is 14.6. The van der Waals surface area contributed by atoms with Gasteiger partial charge in [-0.25, -0.2) is 4.79 Å². The lowest BCUT2D eigenvalue weighted by atomic mass is 9.73. The summed E-state index contributed by atoms with van der Waals surface area (Å²) in [6.45, 7) is 14.4. The number of methoxy groups -OCH3 is 1. The Bertz CT molecular complexity index is 1440. The highest BCUT2D eigenvalue weighted by Gasteiger charge is 2.60. The number of ketones is 2. The number of aliphatic hydroxyl groups excluding tert-OH is 1. The fraction of sp³-hybridized carbons (Fsp3) is 0.762. The van der Waals surface area contributed by atoms with Crippen molar-refractivity contribution >= 4 is 23.6 Å². The van der Waals surface area contributed by atoms with Crippen molar-refractivity contribution in [2.75, 3.05) is 27.7 Å². The first-order valence-electron chi connectivity index (χ1n) is 19.9. The fourth-order valence-electron chi connectivity index (χ4n) is 9.14. The quantitative estimate of drug-likeness (QED) is 0.171. The summed E-state index contributed by atoms with van der Waals surface area (Å²) in [5, 5.41) is 11.4. The molecule has 54 heavy (non-hydrogen) atoms. The van der Waals surface area contributed by atoms with Crippen LogP contribution in [0.3, 0.4) is 0 Å². The van der Waals surface area contributed by atoms with Gasteiger partial charge in [0, 0.05) is 37.5 Å². The van der Waals surface area contributed by atoms with Crippen LogP contribution in [-0.4, -0.2) is 120 Å². The van der Waals surface area contributed by atoms with E-state index in [-0.39, 0.29) is 24.3 Å². The molecule has 3 aliphatic rings. The van der Waals surface area contributed by atoms with Gasteiger partial charge in [-0.15, -0.1) is 0 Å². The smallest absolute Gasteiger partial charge is 0.410 e. The number of likely N-dealkylation sites (N-methyl/N-ethyl adjacent to an activating group) is 1. The zero-order chi connectivity index (χ0) is 40.1. The number of amides is 1. The van der Waals surface area contributed by atoms with Crippen LogP contribution in [0.15, 0.2) is 30.3 Å². The fourth-order valence-corrected chi connectivity index (χ4v) is 9.14. The maximum absolute atomic E-state index is 14.6. The molecule has 0 bridgehead atoms. The van der Waals surface area contributed by atoms with E-state index in [1.807, 2.05) is 64.9 Å². The molecular weight excluding hydrogens is 692 g/mol. The van der Waals surface area contributed by atoms with Crippen molar-refractivity contribution in [1.29, 1.82) is 0 Å². The molecule has 0 unspecified atom stereocenters. The Labute approximate surface area is 322 Å². The summed E-state index contributed by atoms with van der Waals surface area (Å²) in [5.74, 6) is -4.79. The monoisotopic (exact) mass is 758 g/mol. The van der Waals surface area contributed by atoms with Gasteiger partial charge in [0.25, 0.3) is 0 Å². The lowest BCUT2D eigenvalue weighted by Gasteiger charge is -2.47. The van der Waals surface area contributed by atoms with Gasteiger partial charge in [0.05, 0.1) is 23.9 Å². The van der Waals surface area contributed by atoms with Crippen molar-refractivity contribution in [2.45, 2.75) is 154 Å². The average Bonchev–Trinajstić information content (AvgIpc) is 3.40. The second kappa shape index (κ2) is 18.4. The predicted molar refractivity (Wildman–Crippen MR) is 204 cm³/mol. The van der Waals surface area contributed by atoms with Crippen molar-refractivity contribution in [3.8, 4) is 0 Å². The van der Waals surface area contributed by atoms with Crippen molar-refractivity contribution in [3.05, 3.63) is 35.9 Å². The SMILES string of the molecule is CC[C@H]1OC(=O)[C@H](C)C(=O)[C@H](C)[C@@H](O[C@@H]2O[C@H](C)C[C@H](N(C)C)[C@H]2O)[C@](C)(OC)C[C@@H](C)C(=O)[C@H](C)[C@@H]2N(CCCCCc3ccccc3)C(=O)O[C@@]21C. The number of rotatable bonds is 11. The molecule has 3 fully saturated rings. The summed E-state index contributed by atoms with van der Waals surface area (Å²) >= 11 is 0. The van der Waals surface area contributed by atoms with E-state index in [0.717, 1.165) is 19.3 Å². The van der Waals surface area contributed by atoms with Crippen LogP contribution in [0.5, 0.6) is 0 Å². The van der Waals surface area contributed by atoms with Crippen LogP contribution < -0.4 is 0 Å². The van der Waals surface area contributed by atoms with E-state index in [0.29, 0.717) is 25.8 Å². The van der Waals surface area contributed by atoms with Gasteiger partial charge in [0.1, 0.15) is 23.9 Å². The third-order valence-corrected chi connectivity index (χ3v) is 12.4. The molecule has 0 aromatic heterocycles. The lowest BCUT2D eigenvalue weighted by molar-refractivity contribution is -0.295. The van der Waals surface area contributed by atoms with Gasteiger partial charge >= 0.3 is 12.1 Å². The van der Waals surface area contributed by atoms with Crippen molar-refractivity contribution in [1.82, 2.24) is 9.80 Å². The minimum absolute atomic E-state index is 0.124. The Morgan fingerprint density at radius 1 is 0.944 bits per heavy atom. The summed E-state index contributed by atoms with van der Waals surface area (Å²) in [6, 6.07) is 9.24. The van der Waals surface area contributed by atoms with Crippen LogP contribution in [0, 0.1) is 23.7 Å². The standard InChI is InChI=1S/C42H66N2O10/c1-12-32-42(8)36(44(40(49)54-42)22-18-14-17-21-30-19-15-13-16-20-30)27(4)33(45)25(2)24-41(7,50-11)37(28(5)34(46)29(6)38(48)52-32)53-39-35(47)31(43(9)10)23-26(3)51-39/h13,15-16,19-20,25-29,31-32,35-37,39,47H,12,14,17-18,21-24H2,1-11H3/t25-,26-,27+,28+,29-,31+,32-,35-,36+,37-,39+,41-,42-/m1/s1. The molecular formula is C42H66N2O10. The normalized spacial score (nSPS) is 38.5. The van der Waals surface area contributed by atoms with Crippen LogP contribution in [0.4, 0.5) is 4.79 Å². The van der Waals surface area contributed by atoms with Crippen LogP contribution in [0.1, 0.15) is 99.5 Å². The molecule has 1 aromatic carbocycles. The molecule has 0 aliphatic carbocycles. The molecule has 12 heteroatoms. The van der Waals surface area contributed by atoms with Gasteiger partial charge in [-0.2, -0.15) is 0 Å². The number of aryl methyl sites for hydroxylation is 1. The number of carbonyl (C=O) groups excluding carboxylic acids is 4. The van der Waals surface area contributed by atoms with Crippen LogP contribution in [0.25, 0.3) is 0 Å². The van der Waals surface area contributed by atoms with Crippen LogP contribution in [0.2, 0.25) is 0 Å². The first kappa shape index (κ1) is 43.8. The topological polar surface area (TPSA) is 141 Å². The molecule has 3 saturated heterocycles. The number of carbonyl (C=O) groups is 4. The second-order valence-electron chi connectivity index (χ2n) is 16.7. The Kier molecular flexibility index (Phi) is 14.9. The number of hydrogen-bond acceptors (Lipinski definition) is 11. The molecule has 0 saturated carbocycles. The average molecular weight is 759 g/mol. The van der Waals surface area contributed by atoms with Gasteiger partial charge in [-0.1, -0.05) is 64.4 Å². The van der Waals surface area contributed by atoms with Crippen molar-refractivity contribution in [3.63, 3.8) is 0 Å². The first-order valence-corrected chi connectivity index (χ1v) is 19.9. The molecule has 3 heterocycles. The summed E-state index contributed by atoms with van der Waals surface area (Å²) < 4.78 is 31.2. The minimum atomic E-state index is -1.36. The largest absolute Gasteiger partial charge is 0.458 e. The van der Waals surface area contributed by atoms with E-state index in [4.69, 9.17) is 23.7 Å². The zero-order valence-corrected chi connectivity index (χ0v) is 34.4. The summed E-state index contributed by atoms with van der Waals surface area (Å²) in [6.07, 6.45) is -0.438. The van der Waals surface area contributed by atoms with Gasteiger partial charge in [-0.05, 0) is 85.9 Å². The van der Waals surface area contributed by atoms with E-state index in [2.05, 4.69) is 12.1 Å². The van der Waals surface area contributed by atoms with Crippen LogP contribution >= 0.6 is 0 Å². The number of fused-ring (bicyclic) bond motifs is 1. The second-order valence-corrected chi connectivity index (χ2v) is 16.7. The van der Waals surface area contributed by atoms with E-state index < -0.39 is 83.4 Å². The number of Topliss-reactive ketones (excluding diaryl/α,β-unsaturated/α-hetero) is 2. The Morgan fingerprint density at radius 2 is 1.61 bits per heavy atom. The highest BCUT2D eigenvalue weighted by Crippen LogP contribution is 2.43. The molecule has 0 radical (unpaired) electrons. The molecule has 13 atom stereocenters. The Hall–Kier alpha value is -2.90. The van der Waals surface area contributed by atoms with Gasteiger partial charge in [0.15, 0.2) is 17.7 Å². The molecule has 12 nitrogen and oxygen atoms in total. The molecule has 0 spiro atoms. The number of nitrogens with zero attached hydrogens (tertiary/aromatic N) is 2. The molecule has 4 rings (SSSR count). The van der Waals surface area contributed by atoms with E-state index in [9.17, 15) is 24.3 Å². The minimum Gasteiger partial charge on any atom is -0.458 e. The Morgan fingerprint density at radius 3 is 2.22 bits per heavy atom. The molecule has 1 aromatic rings. The highest BCUT2D eigenvalue weighted by atomic mass is 16.7. The molecule has 1 N–H and O–H groups in total. The van der Waals surface area contributed by atoms with Crippen molar-refractivity contribution < 1.29 is 48.0 Å². The van der Waals surface area contributed by atoms with E-state index in [1.165, 1.54) is 19.6 Å². The number of ether oxygens (including phenoxy) is 5. The number of aliphatic hydroxyl groups is 1. The predicted octanol–water partition coefficient (Wildman–Crippen LogP) is 5.60. The van der Waals surface area contributed by atoms with Gasteiger partial charge in [0.2, 0.25) is 0 Å². The number of hydrogen-bond donors (Lipinski definition) is 1. The zero-order valence-electron chi connectivity index (χ0n) is 34.4. The van der Waals surface area contributed by atoms with E-state index in [1.54, 1.807) is 25.7 Å². The van der Waals surface area contributed by atoms with Crippen molar-refractivity contribution in [2.24, 2.45) is 23.7 Å². The van der Waals surface area contributed by atoms with E-state index >= 15 is 0 Å². The summed E-state index contributed by atoms with van der Waals surface area (Å²) in [7, 11) is 5.26. The lowest BCUT2D eigenvalue weighted by Crippen LogP contribution is -2.60. The van der Waals surface area contributed by atoms with Gasteiger partial charge < -0.3 is 38.6 Å². The van der Waals surface area contributed by atoms with Crippen LogP contribution in [-0.2, 0) is 44.5 Å². The number of unbranched alkanes of at least 4 members (excludes halogenated alkanes) is 2. The number of cyclic esters (lactones) is 1. The number of esters is 1. The highest BCUT2D eigenvalue weighted by molar-refractivity contribution is 6.00. The number of benzene rings is 1. The maximum Gasteiger partial charge on any atom is 0.410 e. The molecule has 1 amide bonds. The molecule has 3 aliphatic heterocycles. The summed E-state index contributed by atoms with van der Waals surface area (Å²) in [4.78, 5) is 60.1. The third kappa shape index (κ3) is 9.37. The van der Waals surface area contributed by atoms with Gasteiger partial charge in [-0.3, -0.25) is 14.4 Å². The molecule has 304 valence electrons.